The zero-order chi connectivity index (χ0) is 13.0. The summed E-state index contributed by atoms with van der Waals surface area (Å²) in [6.45, 7) is 4.86. The lowest BCUT2D eigenvalue weighted by Gasteiger charge is -2.14. The van der Waals surface area contributed by atoms with Crippen LogP contribution in [-0.4, -0.2) is 6.54 Å². The van der Waals surface area contributed by atoms with Crippen molar-refractivity contribution in [1.82, 2.24) is 0 Å². The van der Waals surface area contributed by atoms with Gasteiger partial charge in [0.2, 0.25) is 0 Å². The number of nitrogens with one attached hydrogen (secondary N) is 1. The molecule has 2 heteroatoms. The van der Waals surface area contributed by atoms with E-state index in [9.17, 15) is 0 Å². The number of hydrogen-bond acceptors (Lipinski definition) is 2. The van der Waals surface area contributed by atoms with Crippen molar-refractivity contribution >= 4 is 16.5 Å². The average Bonchev–Trinajstić information content (AvgIpc) is 2.39. The van der Waals surface area contributed by atoms with Crippen LogP contribution in [0.2, 0.25) is 0 Å². The zero-order valence-electron chi connectivity index (χ0n) is 10.9. The quantitative estimate of drug-likeness (QED) is 0.872. The molecule has 0 aliphatic carbocycles. The molecule has 2 rings (SSSR count). The molecule has 0 radical (unpaired) electrons. The van der Waals surface area contributed by atoms with E-state index in [0.29, 0.717) is 12.5 Å². The van der Waals surface area contributed by atoms with Crippen LogP contribution in [0, 0.1) is 23.2 Å². The third kappa shape index (κ3) is 2.81. The number of anilines is 1. The molecule has 0 saturated carbocycles. The van der Waals surface area contributed by atoms with Gasteiger partial charge in [-0.2, -0.15) is 5.26 Å². The van der Waals surface area contributed by atoms with Crippen LogP contribution in [0.1, 0.15) is 13.8 Å². The van der Waals surface area contributed by atoms with Crippen LogP contribution in [-0.2, 0) is 0 Å². The lowest BCUT2D eigenvalue weighted by Crippen LogP contribution is -2.17. The van der Waals surface area contributed by atoms with Gasteiger partial charge in [0, 0.05) is 12.2 Å². The Bertz CT molecular complexity index is 567. The maximum absolute atomic E-state index is 9.06. The van der Waals surface area contributed by atoms with Crippen molar-refractivity contribution in [2.24, 2.45) is 11.8 Å². The third-order valence-corrected chi connectivity index (χ3v) is 3.25. The lowest BCUT2D eigenvalue weighted by atomic mass is 9.97. The van der Waals surface area contributed by atoms with E-state index in [1.165, 1.54) is 10.8 Å². The minimum atomic E-state index is 0.0523. The van der Waals surface area contributed by atoms with Gasteiger partial charge in [-0.15, -0.1) is 0 Å². The summed E-state index contributed by atoms with van der Waals surface area (Å²) in [4.78, 5) is 0. The summed E-state index contributed by atoms with van der Waals surface area (Å²) < 4.78 is 0. The van der Waals surface area contributed by atoms with Gasteiger partial charge in [-0.05, 0) is 28.8 Å². The Balaban J connectivity index is 2.11. The van der Waals surface area contributed by atoms with Crippen molar-refractivity contribution in [3.63, 3.8) is 0 Å². The van der Waals surface area contributed by atoms with E-state index in [2.05, 4.69) is 55.6 Å². The molecule has 0 amide bonds. The number of rotatable bonds is 4. The van der Waals surface area contributed by atoms with Crippen LogP contribution in [0.5, 0.6) is 0 Å². The number of benzene rings is 2. The molecule has 0 heterocycles. The monoisotopic (exact) mass is 238 g/mol. The third-order valence-electron chi connectivity index (χ3n) is 3.25. The Hall–Kier alpha value is -2.01. The average molecular weight is 238 g/mol. The molecule has 2 aromatic carbocycles. The highest BCUT2D eigenvalue weighted by molar-refractivity contribution is 5.85. The van der Waals surface area contributed by atoms with Gasteiger partial charge in [-0.1, -0.05) is 44.2 Å². The van der Waals surface area contributed by atoms with Crippen LogP contribution < -0.4 is 5.32 Å². The van der Waals surface area contributed by atoms with E-state index in [-0.39, 0.29) is 5.92 Å². The van der Waals surface area contributed by atoms with Crippen molar-refractivity contribution in [3.8, 4) is 6.07 Å². The van der Waals surface area contributed by atoms with Gasteiger partial charge < -0.3 is 5.32 Å². The van der Waals surface area contributed by atoms with Gasteiger partial charge in [-0.3, -0.25) is 0 Å². The van der Waals surface area contributed by atoms with Crippen molar-refractivity contribution in [1.29, 1.82) is 5.26 Å². The predicted molar refractivity (Wildman–Crippen MR) is 76.4 cm³/mol. The van der Waals surface area contributed by atoms with Crippen LogP contribution in [0.3, 0.4) is 0 Å². The van der Waals surface area contributed by atoms with E-state index >= 15 is 0 Å². The summed E-state index contributed by atoms with van der Waals surface area (Å²) in [5.74, 6) is 0.430. The van der Waals surface area contributed by atoms with Gasteiger partial charge >= 0.3 is 0 Å². The Morgan fingerprint density at radius 2 is 1.83 bits per heavy atom. The summed E-state index contributed by atoms with van der Waals surface area (Å²) in [5, 5.41) is 14.9. The van der Waals surface area contributed by atoms with E-state index in [0.717, 1.165) is 5.69 Å². The Morgan fingerprint density at radius 1 is 1.11 bits per heavy atom. The first-order chi connectivity index (χ1) is 8.70. The molecule has 18 heavy (non-hydrogen) atoms. The highest BCUT2D eigenvalue weighted by atomic mass is 14.9. The number of fused-ring (bicyclic) bond motifs is 1. The van der Waals surface area contributed by atoms with Crippen molar-refractivity contribution in [3.05, 3.63) is 42.5 Å². The largest absolute Gasteiger partial charge is 0.384 e. The molecule has 92 valence electrons. The van der Waals surface area contributed by atoms with Crippen LogP contribution in [0.4, 0.5) is 5.69 Å². The molecule has 0 aromatic heterocycles. The lowest BCUT2D eigenvalue weighted by molar-refractivity contribution is 0.496. The standard InChI is InChI=1S/C16H18N2/c1-12(2)15(10-17)11-18-16-8-7-13-5-3-4-6-14(13)9-16/h3-9,12,15,18H,11H2,1-2H3. The van der Waals surface area contributed by atoms with Gasteiger partial charge in [0.25, 0.3) is 0 Å². The van der Waals surface area contributed by atoms with Crippen molar-refractivity contribution in [2.75, 3.05) is 11.9 Å². The number of nitriles is 1. The fourth-order valence-electron chi connectivity index (χ4n) is 1.96. The summed E-state index contributed by atoms with van der Waals surface area (Å²) in [5.41, 5.74) is 1.08. The molecule has 1 atom stereocenters. The molecule has 0 fully saturated rings. The summed E-state index contributed by atoms with van der Waals surface area (Å²) in [7, 11) is 0. The van der Waals surface area contributed by atoms with E-state index < -0.39 is 0 Å². The molecule has 2 nitrogen and oxygen atoms in total. The molecule has 0 bridgehead atoms. The first-order valence-electron chi connectivity index (χ1n) is 6.33. The van der Waals surface area contributed by atoms with E-state index in [1.54, 1.807) is 0 Å². The first kappa shape index (κ1) is 12.4. The second-order valence-electron chi connectivity index (χ2n) is 4.92. The number of hydrogen-bond donors (Lipinski definition) is 1. The normalized spacial score (nSPS) is 12.3. The number of nitrogens with zero attached hydrogens (tertiary/aromatic N) is 1. The topological polar surface area (TPSA) is 35.8 Å². The maximum Gasteiger partial charge on any atom is 0.0677 e. The van der Waals surface area contributed by atoms with Crippen LogP contribution in [0.25, 0.3) is 10.8 Å². The van der Waals surface area contributed by atoms with Gasteiger partial charge in [-0.25, -0.2) is 0 Å². The fourth-order valence-corrected chi connectivity index (χ4v) is 1.96. The smallest absolute Gasteiger partial charge is 0.0677 e. The molecule has 0 aliphatic rings. The minimum Gasteiger partial charge on any atom is -0.384 e. The zero-order valence-corrected chi connectivity index (χ0v) is 10.9. The Labute approximate surface area is 108 Å². The second-order valence-corrected chi connectivity index (χ2v) is 4.92. The molecule has 0 spiro atoms. The molecule has 1 N–H and O–H groups in total. The molecule has 1 unspecified atom stereocenters. The summed E-state index contributed by atoms with van der Waals surface area (Å²) in [6, 6.07) is 16.9. The highest BCUT2D eigenvalue weighted by Gasteiger charge is 2.11. The minimum absolute atomic E-state index is 0.0523. The molecule has 2 aromatic rings. The van der Waals surface area contributed by atoms with Crippen LogP contribution in [0.15, 0.2) is 42.5 Å². The maximum atomic E-state index is 9.06. The molecule has 0 saturated heterocycles. The van der Waals surface area contributed by atoms with Crippen molar-refractivity contribution in [2.45, 2.75) is 13.8 Å². The first-order valence-corrected chi connectivity index (χ1v) is 6.33. The van der Waals surface area contributed by atoms with E-state index in [4.69, 9.17) is 5.26 Å². The molecular weight excluding hydrogens is 220 g/mol. The van der Waals surface area contributed by atoms with E-state index in [1.807, 2.05) is 12.1 Å². The fraction of sp³-hybridized carbons (Fsp3) is 0.312. The molecule has 0 aliphatic heterocycles. The van der Waals surface area contributed by atoms with Gasteiger partial charge in [0.05, 0.1) is 12.0 Å². The van der Waals surface area contributed by atoms with Crippen LogP contribution >= 0.6 is 0 Å². The van der Waals surface area contributed by atoms with Crippen molar-refractivity contribution < 1.29 is 0 Å². The summed E-state index contributed by atoms with van der Waals surface area (Å²) in [6.07, 6.45) is 0. The highest BCUT2D eigenvalue weighted by Crippen LogP contribution is 2.19. The Kier molecular flexibility index (Phi) is 3.84. The predicted octanol–water partition coefficient (Wildman–Crippen LogP) is 4.05. The SMILES string of the molecule is CC(C)C(C#N)CNc1ccc2ccccc2c1. The molecular formula is C16H18N2. The summed E-state index contributed by atoms with van der Waals surface area (Å²) >= 11 is 0. The Morgan fingerprint density at radius 3 is 2.50 bits per heavy atom. The van der Waals surface area contributed by atoms with Gasteiger partial charge in [0.1, 0.15) is 0 Å². The van der Waals surface area contributed by atoms with Gasteiger partial charge in [0.15, 0.2) is 0 Å². The second kappa shape index (κ2) is 5.55.